The van der Waals surface area contributed by atoms with Gasteiger partial charge in [0, 0.05) is 22.9 Å². The molecule has 0 bridgehead atoms. The molecule has 0 radical (unpaired) electrons. The molecule has 0 aliphatic carbocycles. The number of nitrogens with one attached hydrogen (secondary N) is 1. The average Bonchev–Trinajstić information content (AvgIpc) is 2.87. The second-order valence-electron chi connectivity index (χ2n) is 5.69. The molecule has 0 amide bonds. The van der Waals surface area contributed by atoms with E-state index < -0.39 is 0 Å². The van der Waals surface area contributed by atoms with Crippen molar-refractivity contribution in [3.8, 4) is 5.88 Å². The van der Waals surface area contributed by atoms with E-state index in [2.05, 4.69) is 49.9 Å². The van der Waals surface area contributed by atoms with Gasteiger partial charge in [0.25, 0.3) is 0 Å². The molecule has 1 heterocycles. The van der Waals surface area contributed by atoms with Gasteiger partial charge in [-0.3, -0.25) is 0 Å². The zero-order valence-corrected chi connectivity index (χ0v) is 16.5. The molecule has 1 aromatic heterocycles. The van der Waals surface area contributed by atoms with Crippen molar-refractivity contribution < 1.29 is 5.11 Å². The summed E-state index contributed by atoms with van der Waals surface area (Å²) >= 11 is 8.87. The number of hydrogen-bond acceptors (Lipinski definition) is 3. The summed E-state index contributed by atoms with van der Waals surface area (Å²) in [5.41, 5.74) is 1.23. The molecule has 2 aromatic rings. The van der Waals surface area contributed by atoms with Crippen molar-refractivity contribution in [1.82, 2.24) is 9.88 Å². The molecule has 0 fully saturated rings. The summed E-state index contributed by atoms with van der Waals surface area (Å²) < 4.78 is 0.917. The number of benzene rings is 1. The maximum atomic E-state index is 10.1. The van der Waals surface area contributed by atoms with Gasteiger partial charge >= 0.3 is 0 Å². The monoisotopic (exact) mass is 410 g/mol. The lowest BCUT2D eigenvalue weighted by Crippen LogP contribution is -2.30. The molecular formula is C17H23BrN4OS. The Hall–Kier alpha value is -1.47. The fraction of sp³-hybridized carbons (Fsp3) is 0.471. The van der Waals surface area contributed by atoms with E-state index in [1.165, 1.54) is 0 Å². The van der Waals surface area contributed by atoms with E-state index >= 15 is 0 Å². The first-order chi connectivity index (χ1) is 11.6. The van der Waals surface area contributed by atoms with Gasteiger partial charge in [0.1, 0.15) is 0 Å². The maximum absolute atomic E-state index is 10.1. The smallest absolute Gasteiger partial charge is 0.218 e. The van der Waals surface area contributed by atoms with Crippen molar-refractivity contribution in [1.29, 1.82) is 0 Å². The minimum atomic E-state index is 0.00307. The molecule has 0 aliphatic heterocycles. The summed E-state index contributed by atoms with van der Waals surface area (Å²) in [5, 5.41) is 19.8. The van der Waals surface area contributed by atoms with Crippen LogP contribution >= 0.6 is 28.1 Å². The third-order valence-corrected chi connectivity index (χ3v) is 4.62. The highest BCUT2D eigenvalue weighted by Crippen LogP contribution is 2.36. The Morgan fingerprint density at radius 3 is 2.54 bits per heavy atom. The van der Waals surface area contributed by atoms with Crippen molar-refractivity contribution in [2.24, 2.45) is 10.2 Å². The van der Waals surface area contributed by atoms with Crippen molar-refractivity contribution in [2.75, 3.05) is 13.1 Å². The molecule has 7 heteroatoms. The fourth-order valence-electron chi connectivity index (χ4n) is 2.39. The highest BCUT2D eigenvalue weighted by Gasteiger charge is 2.12. The van der Waals surface area contributed by atoms with Crippen molar-refractivity contribution >= 4 is 49.9 Å². The molecule has 0 aliphatic rings. The standard InChI is InChI=1S/C17H23BrN4OS/c1-3-5-9-22(10-6-4-2)17(24)21-20-15-13-11-12(18)7-8-14(13)19-16(15)23/h7-8,11,19,23H,3-6,9-10H2,1-2H3. The quantitative estimate of drug-likeness (QED) is 0.440. The van der Waals surface area contributed by atoms with Crippen LogP contribution < -0.4 is 0 Å². The van der Waals surface area contributed by atoms with Gasteiger partial charge in [0.2, 0.25) is 11.0 Å². The van der Waals surface area contributed by atoms with Gasteiger partial charge in [-0.2, -0.15) is 0 Å². The van der Waals surface area contributed by atoms with Gasteiger partial charge < -0.3 is 15.0 Å². The fourth-order valence-corrected chi connectivity index (χ4v) is 2.98. The number of aromatic amines is 1. The first-order valence-electron chi connectivity index (χ1n) is 8.27. The minimum absolute atomic E-state index is 0.00307. The Kier molecular flexibility index (Phi) is 7.17. The highest BCUT2D eigenvalue weighted by atomic mass is 79.9. The number of halogens is 1. The van der Waals surface area contributed by atoms with Crippen LogP contribution in [0.5, 0.6) is 5.88 Å². The van der Waals surface area contributed by atoms with Crippen LogP contribution in [0, 0.1) is 0 Å². The highest BCUT2D eigenvalue weighted by molar-refractivity contribution is 9.10. The lowest BCUT2D eigenvalue weighted by Gasteiger charge is -2.21. The molecule has 5 nitrogen and oxygen atoms in total. The Balaban J connectivity index is 2.20. The molecule has 0 saturated carbocycles. The van der Waals surface area contributed by atoms with Gasteiger partial charge in [-0.15, -0.1) is 10.2 Å². The first-order valence-corrected chi connectivity index (χ1v) is 9.47. The van der Waals surface area contributed by atoms with Gasteiger partial charge in [-0.1, -0.05) is 42.6 Å². The van der Waals surface area contributed by atoms with E-state index in [0.29, 0.717) is 10.8 Å². The average molecular weight is 411 g/mol. The Labute approximate surface area is 156 Å². The van der Waals surface area contributed by atoms with Crippen molar-refractivity contribution in [3.05, 3.63) is 22.7 Å². The molecule has 2 N–H and O–H groups in total. The van der Waals surface area contributed by atoms with E-state index in [4.69, 9.17) is 12.2 Å². The topological polar surface area (TPSA) is 64.0 Å². The molecule has 2 rings (SSSR count). The number of unbranched alkanes of at least 4 members (excludes halogenated alkanes) is 2. The summed E-state index contributed by atoms with van der Waals surface area (Å²) in [6.45, 7) is 6.09. The number of rotatable bonds is 7. The van der Waals surface area contributed by atoms with Crippen LogP contribution in [0.25, 0.3) is 10.9 Å². The summed E-state index contributed by atoms with van der Waals surface area (Å²) in [4.78, 5) is 4.99. The van der Waals surface area contributed by atoms with E-state index in [0.717, 1.165) is 54.1 Å². The Morgan fingerprint density at radius 1 is 1.25 bits per heavy atom. The number of hydrogen-bond donors (Lipinski definition) is 2. The van der Waals surface area contributed by atoms with Crippen LogP contribution in [0.1, 0.15) is 39.5 Å². The molecule has 24 heavy (non-hydrogen) atoms. The summed E-state index contributed by atoms with van der Waals surface area (Å²) in [6.07, 6.45) is 4.37. The van der Waals surface area contributed by atoms with E-state index in [9.17, 15) is 5.11 Å². The normalized spacial score (nSPS) is 11.5. The van der Waals surface area contributed by atoms with E-state index in [1.807, 2.05) is 18.2 Å². The second kappa shape index (κ2) is 9.13. The molecule has 0 atom stereocenters. The molecular weight excluding hydrogens is 388 g/mol. The maximum Gasteiger partial charge on any atom is 0.218 e. The molecule has 130 valence electrons. The van der Waals surface area contributed by atoms with Crippen LogP contribution in [-0.2, 0) is 0 Å². The van der Waals surface area contributed by atoms with Gasteiger partial charge in [-0.05, 0) is 43.3 Å². The number of fused-ring (bicyclic) bond motifs is 1. The van der Waals surface area contributed by atoms with Crippen LogP contribution in [0.15, 0.2) is 32.9 Å². The number of thiocarbonyl (C=S) groups is 1. The molecule has 0 unspecified atom stereocenters. The zero-order chi connectivity index (χ0) is 17.5. The number of H-pyrrole nitrogens is 1. The van der Waals surface area contributed by atoms with Crippen molar-refractivity contribution in [3.63, 3.8) is 0 Å². The SMILES string of the molecule is CCCCN(CCCC)C(=S)N=Nc1c(O)[nH]c2ccc(Br)cc12. The second-order valence-corrected chi connectivity index (χ2v) is 6.97. The summed E-state index contributed by atoms with van der Waals surface area (Å²) in [6, 6.07) is 5.68. The number of nitrogens with zero attached hydrogens (tertiary/aromatic N) is 3. The zero-order valence-electron chi connectivity index (χ0n) is 14.0. The lowest BCUT2D eigenvalue weighted by molar-refractivity contribution is 0.400. The van der Waals surface area contributed by atoms with Crippen LogP contribution in [0.3, 0.4) is 0 Å². The molecule has 1 aromatic carbocycles. The van der Waals surface area contributed by atoms with E-state index in [-0.39, 0.29) is 5.88 Å². The van der Waals surface area contributed by atoms with Gasteiger partial charge in [-0.25, -0.2) is 0 Å². The van der Waals surface area contributed by atoms with Gasteiger partial charge in [0.15, 0.2) is 5.69 Å². The molecule has 0 saturated heterocycles. The minimum Gasteiger partial charge on any atom is -0.493 e. The lowest BCUT2D eigenvalue weighted by atomic mass is 10.2. The van der Waals surface area contributed by atoms with E-state index in [1.54, 1.807) is 0 Å². The first kappa shape index (κ1) is 18.9. The Morgan fingerprint density at radius 2 is 1.92 bits per heavy atom. The predicted molar refractivity (Wildman–Crippen MR) is 106 cm³/mol. The third-order valence-electron chi connectivity index (χ3n) is 3.78. The number of aromatic nitrogens is 1. The Bertz CT molecular complexity index is 721. The summed E-state index contributed by atoms with van der Waals surface area (Å²) in [5.74, 6) is 0.00307. The number of azo groups is 1. The molecule has 0 spiro atoms. The number of aromatic hydroxyl groups is 1. The summed E-state index contributed by atoms with van der Waals surface area (Å²) in [7, 11) is 0. The largest absolute Gasteiger partial charge is 0.493 e. The van der Waals surface area contributed by atoms with Crippen LogP contribution in [0.2, 0.25) is 0 Å². The third kappa shape index (κ3) is 4.77. The van der Waals surface area contributed by atoms with Crippen LogP contribution in [0.4, 0.5) is 5.69 Å². The van der Waals surface area contributed by atoms with Crippen molar-refractivity contribution in [2.45, 2.75) is 39.5 Å². The van der Waals surface area contributed by atoms with Gasteiger partial charge in [0.05, 0.1) is 5.52 Å². The van der Waals surface area contributed by atoms with Crippen LogP contribution in [-0.4, -0.2) is 33.2 Å². The predicted octanol–water partition coefficient (Wildman–Crippen LogP) is 5.91.